The minimum Gasteiger partial charge on any atom is -0.446 e. The van der Waals surface area contributed by atoms with Crippen LogP contribution in [0.25, 0.3) is 0 Å². The number of carbonyl (C=O) groups excluding carboxylic acids is 1. The van der Waals surface area contributed by atoms with Crippen molar-refractivity contribution in [3.8, 4) is 6.07 Å². The molecule has 3 aliphatic rings. The monoisotopic (exact) mass is 626 g/mol. The largest absolute Gasteiger partial charge is 0.446 e. The summed E-state index contributed by atoms with van der Waals surface area (Å²) >= 11 is 0. The molecular formula is C36H42N4O4S. The number of amides is 1. The Balaban J connectivity index is 1.07. The second kappa shape index (κ2) is 13.2. The third-order valence-electron chi connectivity index (χ3n) is 10.2. The van der Waals surface area contributed by atoms with Crippen LogP contribution in [0.2, 0.25) is 0 Å². The first-order valence-electron chi connectivity index (χ1n) is 16.1. The lowest BCUT2D eigenvalue weighted by molar-refractivity contribution is 0.0307. The number of nitrogens with zero attached hydrogens (tertiary/aromatic N) is 3. The molecule has 1 aliphatic carbocycles. The number of alkyl carbamates (subject to hydrolysis) is 1. The molecule has 3 unspecified atom stereocenters. The fourth-order valence-electron chi connectivity index (χ4n) is 7.89. The van der Waals surface area contributed by atoms with E-state index in [2.05, 4.69) is 33.3 Å². The van der Waals surface area contributed by atoms with Crippen LogP contribution in [0.15, 0.2) is 94.7 Å². The van der Waals surface area contributed by atoms with E-state index in [0.29, 0.717) is 15.7 Å². The van der Waals surface area contributed by atoms with Gasteiger partial charge in [0.25, 0.3) is 0 Å². The average molecular weight is 627 g/mol. The number of piperidine rings is 1. The number of benzene rings is 3. The Hall–Kier alpha value is -3.87. The maximum Gasteiger partial charge on any atom is 0.407 e. The van der Waals surface area contributed by atoms with Crippen molar-refractivity contribution in [1.29, 1.82) is 5.26 Å². The minimum absolute atomic E-state index is 0.0343. The van der Waals surface area contributed by atoms with Gasteiger partial charge in [0.15, 0.2) is 0 Å². The highest BCUT2D eigenvalue weighted by Crippen LogP contribution is 2.51. The van der Waals surface area contributed by atoms with Gasteiger partial charge in [-0.05, 0) is 93.1 Å². The van der Waals surface area contributed by atoms with Crippen molar-refractivity contribution in [2.24, 2.45) is 17.8 Å². The molecule has 236 valence electrons. The SMILES string of the molecule is CNC(=O)OC1CCCC1C(C#N)(c1ccccc1)C1CCN(CC2CN(c3ccc(S(=O)(=O)c4ccccc4)cc3)C2)CC1. The van der Waals surface area contributed by atoms with E-state index in [0.717, 1.165) is 76.1 Å². The smallest absolute Gasteiger partial charge is 0.407 e. The van der Waals surface area contributed by atoms with Crippen LogP contribution >= 0.6 is 0 Å². The summed E-state index contributed by atoms with van der Waals surface area (Å²) in [4.78, 5) is 17.7. The summed E-state index contributed by atoms with van der Waals surface area (Å²) < 4.78 is 31.7. The molecule has 2 heterocycles. The Labute approximate surface area is 266 Å². The molecule has 9 heteroatoms. The van der Waals surface area contributed by atoms with Gasteiger partial charge in [0.1, 0.15) is 6.10 Å². The first kappa shape index (κ1) is 31.1. The van der Waals surface area contributed by atoms with E-state index in [1.165, 1.54) is 0 Å². The predicted molar refractivity (Wildman–Crippen MR) is 174 cm³/mol. The van der Waals surface area contributed by atoms with Crippen molar-refractivity contribution in [1.82, 2.24) is 10.2 Å². The van der Waals surface area contributed by atoms with Gasteiger partial charge < -0.3 is 19.9 Å². The fourth-order valence-corrected chi connectivity index (χ4v) is 9.18. The van der Waals surface area contributed by atoms with Gasteiger partial charge in [-0.25, -0.2) is 13.2 Å². The molecule has 0 aromatic heterocycles. The standard InChI is InChI=1S/C36H42N4O4S/c1-38-35(41)44-34-14-8-13-33(34)36(26-37,28-9-4-2-5-10-28)29-19-21-39(22-20-29)23-27-24-40(25-27)30-15-17-32(18-16-30)45(42,43)31-11-6-3-7-12-31/h2-7,9-12,15-18,27,29,33-34H,8,13-14,19-25H2,1H3,(H,38,41). The second-order valence-electron chi connectivity index (χ2n) is 12.7. The maximum absolute atomic E-state index is 12.9. The molecule has 3 aromatic rings. The van der Waals surface area contributed by atoms with Crippen LogP contribution < -0.4 is 10.2 Å². The number of anilines is 1. The lowest BCUT2D eigenvalue weighted by Crippen LogP contribution is -2.54. The zero-order chi connectivity index (χ0) is 31.4. The van der Waals surface area contributed by atoms with Crippen LogP contribution in [0.4, 0.5) is 10.5 Å². The summed E-state index contributed by atoms with van der Waals surface area (Å²) in [6.07, 6.45) is 3.78. The second-order valence-corrected chi connectivity index (χ2v) is 14.7. The van der Waals surface area contributed by atoms with Gasteiger partial charge in [-0.1, -0.05) is 48.5 Å². The normalized spacial score (nSPS) is 22.6. The quantitative estimate of drug-likeness (QED) is 0.327. The van der Waals surface area contributed by atoms with E-state index >= 15 is 0 Å². The molecule has 3 atom stereocenters. The third-order valence-corrected chi connectivity index (χ3v) is 12.0. The van der Waals surface area contributed by atoms with Crippen molar-refractivity contribution in [2.45, 2.75) is 53.4 Å². The Bertz CT molecular complexity index is 1600. The summed E-state index contributed by atoms with van der Waals surface area (Å²) in [7, 11) is -1.94. The minimum atomic E-state index is -3.52. The Morgan fingerprint density at radius 1 is 0.911 bits per heavy atom. The van der Waals surface area contributed by atoms with Crippen molar-refractivity contribution in [2.75, 3.05) is 44.7 Å². The van der Waals surface area contributed by atoms with Crippen molar-refractivity contribution < 1.29 is 17.9 Å². The highest BCUT2D eigenvalue weighted by atomic mass is 32.2. The zero-order valence-electron chi connectivity index (χ0n) is 25.8. The number of hydrogen-bond donors (Lipinski definition) is 1. The fraction of sp³-hybridized carbons (Fsp3) is 0.444. The summed E-state index contributed by atoms with van der Waals surface area (Å²) in [5.41, 5.74) is 1.39. The van der Waals surface area contributed by atoms with E-state index in [1.807, 2.05) is 36.4 Å². The van der Waals surface area contributed by atoms with Crippen LogP contribution in [0.5, 0.6) is 0 Å². The van der Waals surface area contributed by atoms with Gasteiger partial charge in [0, 0.05) is 44.2 Å². The number of nitriles is 1. The van der Waals surface area contributed by atoms with E-state index < -0.39 is 21.3 Å². The van der Waals surface area contributed by atoms with Crippen LogP contribution in [0.1, 0.15) is 37.7 Å². The van der Waals surface area contributed by atoms with E-state index in [-0.39, 0.29) is 17.9 Å². The molecule has 0 bridgehead atoms. The lowest BCUT2D eigenvalue weighted by Gasteiger charge is -2.47. The average Bonchev–Trinajstić information content (AvgIpc) is 3.53. The van der Waals surface area contributed by atoms with E-state index in [1.54, 1.807) is 43.4 Å². The van der Waals surface area contributed by atoms with Crippen LogP contribution in [-0.2, 0) is 20.0 Å². The van der Waals surface area contributed by atoms with Gasteiger partial charge in [0.05, 0.1) is 21.3 Å². The Morgan fingerprint density at radius 3 is 2.16 bits per heavy atom. The molecule has 2 saturated heterocycles. The molecule has 8 nitrogen and oxygen atoms in total. The zero-order valence-corrected chi connectivity index (χ0v) is 26.7. The van der Waals surface area contributed by atoms with E-state index in [9.17, 15) is 18.5 Å². The van der Waals surface area contributed by atoms with Gasteiger partial charge in [-0.15, -0.1) is 0 Å². The predicted octanol–water partition coefficient (Wildman–Crippen LogP) is 5.65. The van der Waals surface area contributed by atoms with Crippen molar-refractivity contribution in [3.05, 3.63) is 90.5 Å². The molecule has 45 heavy (non-hydrogen) atoms. The van der Waals surface area contributed by atoms with Crippen LogP contribution in [0.3, 0.4) is 0 Å². The number of likely N-dealkylation sites (tertiary alicyclic amines) is 1. The van der Waals surface area contributed by atoms with Gasteiger partial charge >= 0.3 is 6.09 Å². The summed E-state index contributed by atoms with van der Waals surface area (Å²) in [5, 5.41) is 13.5. The summed E-state index contributed by atoms with van der Waals surface area (Å²) in [6, 6.07) is 28.8. The molecule has 6 rings (SSSR count). The Morgan fingerprint density at radius 2 is 1.53 bits per heavy atom. The molecule has 3 aromatic carbocycles. The lowest BCUT2D eigenvalue weighted by atomic mass is 9.59. The summed E-state index contributed by atoms with van der Waals surface area (Å²) in [6.45, 7) is 4.78. The third kappa shape index (κ3) is 6.18. The van der Waals surface area contributed by atoms with Crippen molar-refractivity contribution >= 4 is 21.6 Å². The number of sulfone groups is 1. The first-order valence-corrected chi connectivity index (χ1v) is 17.6. The molecule has 1 saturated carbocycles. The number of nitrogens with one attached hydrogen (secondary N) is 1. The van der Waals surface area contributed by atoms with Gasteiger partial charge in [-0.2, -0.15) is 5.26 Å². The molecule has 2 aliphatic heterocycles. The number of ether oxygens (including phenoxy) is 1. The number of hydrogen-bond acceptors (Lipinski definition) is 7. The van der Waals surface area contributed by atoms with Gasteiger partial charge in [0.2, 0.25) is 9.84 Å². The highest BCUT2D eigenvalue weighted by molar-refractivity contribution is 7.91. The summed E-state index contributed by atoms with van der Waals surface area (Å²) in [5.74, 6) is 0.695. The highest BCUT2D eigenvalue weighted by Gasteiger charge is 2.53. The number of carbonyl (C=O) groups is 1. The van der Waals surface area contributed by atoms with Crippen LogP contribution in [0, 0.1) is 29.1 Å². The number of rotatable bonds is 9. The molecule has 0 radical (unpaired) electrons. The van der Waals surface area contributed by atoms with E-state index in [4.69, 9.17) is 4.74 Å². The topological polar surface area (TPSA) is 103 Å². The van der Waals surface area contributed by atoms with Crippen molar-refractivity contribution in [3.63, 3.8) is 0 Å². The molecular weight excluding hydrogens is 584 g/mol. The first-order chi connectivity index (χ1) is 21.8. The molecule has 0 spiro atoms. The van der Waals surface area contributed by atoms with Gasteiger partial charge in [-0.3, -0.25) is 0 Å². The maximum atomic E-state index is 12.9. The van der Waals surface area contributed by atoms with Crippen LogP contribution in [-0.4, -0.2) is 65.3 Å². The molecule has 1 N–H and O–H groups in total. The Kier molecular flexibility index (Phi) is 9.16. The molecule has 1 amide bonds. The molecule has 3 fully saturated rings.